The van der Waals surface area contributed by atoms with Crippen molar-refractivity contribution in [1.82, 2.24) is 10.2 Å². The normalized spacial score (nSPS) is 16.0. The lowest BCUT2D eigenvalue weighted by atomic mass is 9.85. The molecule has 5 heteroatoms. The fourth-order valence-corrected chi connectivity index (χ4v) is 2.90. The van der Waals surface area contributed by atoms with Gasteiger partial charge in [-0.1, -0.05) is 17.7 Å². The van der Waals surface area contributed by atoms with Gasteiger partial charge in [-0.2, -0.15) is 0 Å². The SMILES string of the molecule is CNC(=O)Cc1cc(Cl)ccc1C1CCN(C=O)CC1. The second-order valence-corrected chi connectivity index (χ2v) is 5.55. The summed E-state index contributed by atoms with van der Waals surface area (Å²) in [6.07, 6.45) is 3.12. The van der Waals surface area contributed by atoms with Crippen LogP contribution < -0.4 is 5.32 Å². The van der Waals surface area contributed by atoms with E-state index in [9.17, 15) is 9.59 Å². The van der Waals surface area contributed by atoms with Crippen LogP contribution in [-0.2, 0) is 16.0 Å². The summed E-state index contributed by atoms with van der Waals surface area (Å²) < 4.78 is 0. The lowest BCUT2D eigenvalue weighted by molar-refractivity contribution is -0.120. The fraction of sp³-hybridized carbons (Fsp3) is 0.467. The number of nitrogens with zero attached hydrogens (tertiary/aromatic N) is 1. The minimum atomic E-state index is -0.0150. The first-order chi connectivity index (χ1) is 9.63. The molecule has 0 spiro atoms. The summed E-state index contributed by atoms with van der Waals surface area (Å²) in [5, 5.41) is 3.29. The molecule has 0 atom stereocenters. The van der Waals surface area contributed by atoms with Crippen molar-refractivity contribution in [3.63, 3.8) is 0 Å². The monoisotopic (exact) mass is 294 g/mol. The van der Waals surface area contributed by atoms with Crippen LogP contribution in [0.1, 0.15) is 29.9 Å². The van der Waals surface area contributed by atoms with E-state index in [0.29, 0.717) is 17.4 Å². The third kappa shape index (κ3) is 3.51. The summed E-state index contributed by atoms with van der Waals surface area (Å²) in [4.78, 5) is 24.2. The Labute approximate surface area is 124 Å². The van der Waals surface area contributed by atoms with Crippen LogP contribution >= 0.6 is 11.6 Å². The Hall–Kier alpha value is -1.55. The lowest BCUT2D eigenvalue weighted by Gasteiger charge is -2.30. The van der Waals surface area contributed by atoms with E-state index in [1.54, 1.807) is 11.9 Å². The number of nitrogens with one attached hydrogen (secondary N) is 1. The van der Waals surface area contributed by atoms with Crippen LogP contribution in [0.15, 0.2) is 18.2 Å². The summed E-state index contributed by atoms with van der Waals surface area (Å²) in [6, 6.07) is 5.76. The Morgan fingerprint density at radius 3 is 2.75 bits per heavy atom. The Kier molecular flexibility index (Phi) is 5.01. The van der Waals surface area contributed by atoms with Crippen molar-refractivity contribution >= 4 is 23.9 Å². The van der Waals surface area contributed by atoms with Crippen molar-refractivity contribution in [2.24, 2.45) is 0 Å². The van der Waals surface area contributed by atoms with Gasteiger partial charge >= 0.3 is 0 Å². The van der Waals surface area contributed by atoms with E-state index in [2.05, 4.69) is 5.32 Å². The van der Waals surface area contributed by atoms with Crippen LogP contribution in [0, 0.1) is 0 Å². The number of likely N-dealkylation sites (tertiary alicyclic amines) is 1. The average Bonchev–Trinajstić information content (AvgIpc) is 2.47. The molecular weight excluding hydrogens is 276 g/mol. The van der Waals surface area contributed by atoms with Crippen molar-refractivity contribution < 1.29 is 9.59 Å². The molecule has 4 nitrogen and oxygen atoms in total. The largest absolute Gasteiger partial charge is 0.359 e. The average molecular weight is 295 g/mol. The van der Waals surface area contributed by atoms with Gasteiger partial charge in [0.25, 0.3) is 0 Å². The van der Waals surface area contributed by atoms with Crippen LogP contribution in [-0.4, -0.2) is 37.4 Å². The smallest absolute Gasteiger partial charge is 0.224 e. The highest BCUT2D eigenvalue weighted by Gasteiger charge is 2.22. The molecule has 2 amide bonds. The van der Waals surface area contributed by atoms with Gasteiger partial charge in [-0.05, 0) is 42.0 Å². The molecule has 1 heterocycles. The lowest BCUT2D eigenvalue weighted by Crippen LogP contribution is -2.32. The first-order valence-corrected chi connectivity index (χ1v) is 7.20. The van der Waals surface area contributed by atoms with Crippen LogP contribution in [0.4, 0.5) is 0 Å². The zero-order chi connectivity index (χ0) is 14.5. The minimum absolute atomic E-state index is 0.0150. The maximum Gasteiger partial charge on any atom is 0.224 e. The Balaban J connectivity index is 2.18. The molecule has 1 saturated heterocycles. The van der Waals surface area contributed by atoms with Gasteiger partial charge < -0.3 is 10.2 Å². The summed E-state index contributed by atoms with van der Waals surface area (Å²) in [5.41, 5.74) is 2.17. The molecule has 0 aliphatic carbocycles. The van der Waals surface area contributed by atoms with Crippen molar-refractivity contribution in [3.05, 3.63) is 34.3 Å². The number of carbonyl (C=O) groups excluding carboxylic acids is 2. The number of halogens is 1. The Morgan fingerprint density at radius 2 is 2.15 bits per heavy atom. The van der Waals surface area contributed by atoms with Crippen molar-refractivity contribution in [2.45, 2.75) is 25.2 Å². The van der Waals surface area contributed by atoms with Gasteiger partial charge in [-0.25, -0.2) is 0 Å². The number of hydrogen-bond acceptors (Lipinski definition) is 2. The molecule has 0 bridgehead atoms. The van der Waals surface area contributed by atoms with Gasteiger partial charge in [0.2, 0.25) is 12.3 Å². The van der Waals surface area contributed by atoms with E-state index in [4.69, 9.17) is 11.6 Å². The molecule has 20 heavy (non-hydrogen) atoms. The van der Waals surface area contributed by atoms with Gasteiger partial charge in [-0.3, -0.25) is 9.59 Å². The molecule has 1 N–H and O–H groups in total. The number of amides is 2. The first-order valence-electron chi connectivity index (χ1n) is 6.82. The third-order valence-electron chi connectivity index (χ3n) is 3.85. The maximum absolute atomic E-state index is 11.6. The maximum atomic E-state index is 11.6. The molecule has 0 radical (unpaired) electrons. The number of carbonyl (C=O) groups is 2. The second kappa shape index (κ2) is 6.75. The molecule has 1 aliphatic rings. The summed E-state index contributed by atoms with van der Waals surface area (Å²) in [5.74, 6) is 0.377. The van der Waals surface area contributed by atoms with Crippen LogP contribution in [0.2, 0.25) is 5.02 Å². The van der Waals surface area contributed by atoms with Crippen LogP contribution in [0.25, 0.3) is 0 Å². The second-order valence-electron chi connectivity index (χ2n) is 5.11. The number of likely N-dealkylation sites (N-methyl/N-ethyl adjacent to an activating group) is 1. The molecule has 1 aliphatic heterocycles. The zero-order valence-electron chi connectivity index (χ0n) is 11.6. The summed E-state index contributed by atoms with van der Waals surface area (Å²) >= 11 is 6.04. The number of piperidine rings is 1. The molecule has 1 aromatic rings. The van der Waals surface area contributed by atoms with Crippen LogP contribution in [0.5, 0.6) is 0 Å². The van der Waals surface area contributed by atoms with E-state index < -0.39 is 0 Å². The molecule has 2 rings (SSSR count). The van der Waals surface area contributed by atoms with Crippen molar-refractivity contribution in [2.75, 3.05) is 20.1 Å². The summed E-state index contributed by atoms with van der Waals surface area (Å²) in [6.45, 7) is 1.55. The first kappa shape index (κ1) is 14.9. The molecular formula is C15H19ClN2O2. The van der Waals surface area contributed by atoms with E-state index in [-0.39, 0.29) is 5.91 Å². The minimum Gasteiger partial charge on any atom is -0.359 e. The standard InChI is InChI=1S/C15H19ClN2O2/c1-17-15(20)9-12-8-13(16)2-3-14(12)11-4-6-18(10-19)7-5-11/h2-3,8,10-11H,4-7,9H2,1H3,(H,17,20). The topological polar surface area (TPSA) is 49.4 Å². The molecule has 1 fully saturated rings. The van der Waals surface area contributed by atoms with E-state index >= 15 is 0 Å². The fourth-order valence-electron chi connectivity index (χ4n) is 2.70. The van der Waals surface area contributed by atoms with Gasteiger partial charge in [0.1, 0.15) is 0 Å². The molecule has 0 saturated carbocycles. The van der Waals surface area contributed by atoms with Gasteiger partial charge in [0.15, 0.2) is 0 Å². The highest BCUT2D eigenvalue weighted by atomic mass is 35.5. The van der Waals surface area contributed by atoms with E-state index in [0.717, 1.165) is 37.9 Å². The Morgan fingerprint density at radius 1 is 1.45 bits per heavy atom. The number of benzene rings is 1. The van der Waals surface area contributed by atoms with E-state index in [1.807, 2.05) is 18.2 Å². The van der Waals surface area contributed by atoms with E-state index in [1.165, 1.54) is 5.56 Å². The highest BCUT2D eigenvalue weighted by Crippen LogP contribution is 2.31. The van der Waals surface area contributed by atoms with Gasteiger partial charge in [0, 0.05) is 25.2 Å². The Bertz CT molecular complexity index is 497. The van der Waals surface area contributed by atoms with Crippen molar-refractivity contribution in [1.29, 1.82) is 0 Å². The quantitative estimate of drug-likeness (QED) is 0.863. The predicted molar refractivity (Wildman–Crippen MR) is 78.8 cm³/mol. The van der Waals surface area contributed by atoms with Crippen molar-refractivity contribution in [3.8, 4) is 0 Å². The third-order valence-corrected chi connectivity index (χ3v) is 4.09. The zero-order valence-corrected chi connectivity index (χ0v) is 12.3. The molecule has 108 valence electrons. The molecule has 0 unspecified atom stereocenters. The number of rotatable bonds is 4. The van der Waals surface area contributed by atoms with Gasteiger partial charge in [0.05, 0.1) is 6.42 Å². The molecule has 0 aromatic heterocycles. The summed E-state index contributed by atoms with van der Waals surface area (Å²) in [7, 11) is 1.63. The van der Waals surface area contributed by atoms with Gasteiger partial charge in [-0.15, -0.1) is 0 Å². The van der Waals surface area contributed by atoms with Crippen LogP contribution in [0.3, 0.4) is 0 Å². The number of hydrogen-bond donors (Lipinski definition) is 1. The predicted octanol–water partition coefficient (Wildman–Crippen LogP) is 1.96. The highest BCUT2D eigenvalue weighted by molar-refractivity contribution is 6.30. The molecule has 1 aromatic carbocycles.